The van der Waals surface area contributed by atoms with Gasteiger partial charge in [0.15, 0.2) is 0 Å². The summed E-state index contributed by atoms with van der Waals surface area (Å²) in [5.41, 5.74) is 1.00. The van der Waals surface area contributed by atoms with Crippen molar-refractivity contribution in [2.24, 2.45) is 5.92 Å². The molecule has 2 rings (SSSR count). The van der Waals surface area contributed by atoms with E-state index in [4.69, 9.17) is 9.84 Å². The van der Waals surface area contributed by atoms with Crippen LogP contribution in [0.1, 0.15) is 37.7 Å². The van der Waals surface area contributed by atoms with E-state index in [1.54, 1.807) is 12.0 Å². The summed E-state index contributed by atoms with van der Waals surface area (Å²) in [6, 6.07) is 7.68. The van der Waals surface area contributed by atoms with E-state index in [1.165, 1.54) is 0 Å². The van der Waals surface area contributed by atoms with E-state index in [0.29, 0.717) is 25.9 Å². The summed E-state index contributed by atoms with van der Waals surface area (Å²) in [6.07, 6.45) is 1.78. The maximum Gasteiger partial charge on any atom is 0.308 e. The molecule has 1 aliphatic heterocycles. The highest BCUT2D eigenvalue weighted by atomic mass is 16.5. The highest BCUT2D eigenvalue weighted by Gasteiger charge is 2.29. The molecule has 1 unspecified atom stereocenters. The van der Waals surface area contributed by atoms with Gasteiger partial charge in [-0.05, 0) is 30.4 Å². The molecule has 1 fully saturated rings. The summed E-state index contributed by atoms with van der Waals surface area (Å²) >= 11 is 0. The van der Waals surface area contributed by atoms with Crippen molar-refractivity contribution in [2.75, 3.05) is 20.2 Å². The maximum atomic E-state index is 12.4. The molecule has 0 spiro atoms. The first-order valence-corrected chi connectivity index (χ1v) is 7.66. The van der Waals surface area contributed by atoms with Crippen molar-refractivity contribution >= 4 is 11.9 Å². The average Bonchev–Trinajstić information content (AvgIpc) is 2.54. The number of para-hydroxylation sites is 1. The van der Waals surface area contributed by atoms with E-state index >= 15 is 0 Å². The average molecular weight is 305 g/mol. The van der Waals surface area contributed by atoms with E-state index in [-0.39, 0.29) is 11.8 Å². The summed E-state index contributed by atoms with van der Waals surface area (Å²) in [7, 11) is 1.62. The molecule has 1 heterocycles. The molecular weight excluding hydrogens is 282 g/mol. The van der Waals surface area contributed by atoms with E-state index in [9.17, 15) is 9.59 Å². The van der Waals surface area contributed by atoms with Gasteiger partial charge in [-0.15, -0.1) is 0 Å². The third kappa shape index (κ3) is 3.78. The van der Waals surface area contributed by atoms with Gasteiger partial charge in [0.25, 0.3) is 0 Å². The van der Waals surface area contributed by atoms with Crippen LogP contribution in [0.25, 0.3) is 0 Å². The Morgan fingerprint density at radius 2 is 2.14 bits per heavy atom. The Hall–Kier alpha value is -2.04. The number of nitrogens with zero attached hydrogens (tertiary/aromatic N) is 1. The van der Waals surface area contributed by atoms with Crippen molar-refractivity contribution in [3.05, 3.63) is 29.8 Å². The molecule has 0 bridgehead atoms. The van der Waals surface area contributed by atoms with E-state index < -0.39 is 11.9 Å². The van der Waals surface area contributed by atoms with E-state index in [0.717, 1.165) is 17.7 Å². The Bertz CT molecular complexity index is 543. The van der Waals surface area contributed by atoms with Gasteiger partial charge < -0.3 is 14.7 Å². The summed E-state index contributed by atoms with van der Waals surface area (Å²) in [5.74, 6) is -0.405. The number of hydrogen-bond donors (Lipinski definition) is 1. The first-order chi connectivity index (χ1) is 10.5. The molecule has 1 aromatic rings. The lowest BCUT2D eigenvalue weighted by molar-refractivity contribution is -0.145. The molecule has 22 heavy (non-hydrogen) atoms. The summed E-state index contributed by atoms with van der Waals surface area (Å²) in [4.78, 5) is 25.2. The fraction of sp³-hybridized carbons (Fsp3) is 0.529. The third-order valence-corrected chi connectivity index (χ3v) is 4.27. The van der Waals surface area contributed by atoms with Crippen molar-refractivity contribution in [3.8, 4) is 5.75 Å². The fourth-order valence-electron chi connectivity index (χ4n) is 2.98. The minimum Gasteiger partial charge on any atom is -0.496 e. The fourth-order valence-corrected chi connectivity index (χ4v) is 2.98. The van der Waals surface area contributed by atoms with Crippen LogP contribution in [0.15, 0.2) is 24.3 Å². The summed E-state index contributed by atoms with van der Waals surface area (Å²) < 4.78 is 5.34. The smallest absolute Gasteiger partial charge is 0.308 e. The number of amides is 1. The van der Waals surface area contributed by atoms with Crippen LogP contribution >= 0.6 is 0 Å². The number of piperidine rings is 1. The van der Waals surface area contributed by atoms with Gasteiger partial charge in [-0.1, -0.05) is 25.1 Å². The quantitative estimate of drug-likeness (QED) is 0.907. The zero-order valence-electron chi connectivity index (χ0n) is 13.1. The Morgan fingerprint density at radius 1 is 1.41 bits per heavy atom. The molecular formula is C17H23NO4. The van der Waals surface area contributed by atoms with Gasteiger partial charge in [0.2, 0.25) is 5.91 Å². The molecule has 1 amide bonds. The second kappa shape index (κ2) is 7.29. The first-order valence-electron chi connectivity index (χ1n) is 7.66. The Labute approximate surface area is 130 Å². The normalized spacial score (nSPS) is 19.5. The lowest BCUT2D eigenvalue weighted by atomic mass is 9.94. The molecule has 1 aromatic carbocycles. The molecule has 0 saturated carbocycles. The predicted octanol–water partition coefficient (Wildman–Crippen LogP) is 2.51. The molecule has 1 N–H and O–H groups in total. The Kier molecular flexibility index (Phi) is 5.41. The van der Waals surface area contributed by atoms with Crippen molar-refractivity contribution in [2.45, 2.75) is 32.1 Å². The second-order valence-corrected chi connectivity index (χ2v) is 5.86. The zero-order valence-corrected chi connectivity index (χ0v) is 13.1. The first kappa shape index (κ1) is 16.3. The van der Waals surface area contributed by atoms with E-state index in [2.05, 4.69) is 0 Å². The van der Waals surface area contributed by atoms with Gasteiger partial charge in [-0.3, -0.25) is 9.59 Å². The largest absolute Gasteiger partial charge is 0.496 e. The zero-order chi connectivity index (χ0) is 16.1. The van der Waals surface area contributed by atoms with E-state index in [1.807, 2.05) is 31.2 Å². The summed E-state index contributed by atoms with van der Waals surface area (Å²) in [6.45, 7) is 2.97. The molecule has 120 valence electrons. The molecule has 2 atom stereocenters. The number of rotatable bonds is 5. The number of benzene rings is 1. The standard InChI is InChI=1S/C17H23NO4/c1-12(14-7-3-4-8-15(14)22-2)10-16(19)18-9-5-6-13(11-18)17(20)21/h3-4,7-8,12-13H,5-6,9-11H2,1-2H3,(H,20,21)/t12?,13-/m0/s1. The van der Waals surface area contributed by atoms with Crippen LogP contribution in [0.5, 0.6) is 5.75 Å². The number of likely N-dealkylation sites (tertiary alicyclic amines) is 1. The number of aliphatic carboxylic acids is 1. The monoisotopic (exact) mass is 305 g/mol. The number of carboxylic acids is 1. The highest BCUT2D eigenvalue weighted by molar-refractivity contribution is 5.78. The number of carbonyl (C=O) groups excluding carboxylic acids is 1. The van der Waals surface area contributed by atoms with Crippen molar-refractivity contribution in [3.63, 3.8) is 0 Å². The SMILES string of the molecule is COc1ccccc1C(C)CC(=O)N1CCC[C@H](C(=O)O)C1. The molecule has 0 aliphatic carbocycles. The molecule has 5 nitrogen and oxygen atoms in total. The van der Waals surface area contributed by atoms with Crippen LogP contribution in [0.4, 0.5) is 0 Å². The molecule has 1 saturated heterocycles. The maximum absolute atomic E-state index is 12.4. The van der Waals surface area contributed by atoms with Crippen LogP contribution in [0.3, 0.4) is 0 Å². The minimum absolute atomic E-state index is 0.0179. The van der Waals surface area contributed by atoms with Crippen molar-refractivity contribution in [1.82, 2.24) is 4.90 Å². The lowest BCUT2D eigenvalue weighted by Crippen LogP contribution is -2.42. The predicted molar refractivity (Wildman–Crippen MR) is 83.0 cm³/mol. The van der Waals surface area contributed by atoms with Gasteiger partial charge in [0.1, 0.15) is 5.75 Å². The second-order valence-electron chi connectivity index (χ2n) is 5.86. The number of ether oxygens (including phenoxy) is 1. The van der Waals surface area contributed by atoms with Gasteiger partial charge in [0.05, 0.1) is 13.0 Å². The van der Waals surface area contributed by atoms with Crippen LogP contribution in [0.2, 0.25) is 0 Å². The van der Waals surface area contributed by atoms with Crippen LogP contribution < -0.4 is 4.74 Å². The van der Waals surface area contributed by atoms with Gasteiger partial charge >= 0.3 is 5.97 Å². The number of carbonyl (C=O) groups is 2. The van der Waals surface area contributed by atoms with Crippen molar-refractivity contribution in [1.29, 1.82) is 0 Å². The minimum atomic E-state index is -0.810. The topological polar surface area (TPSA) is 66.8 Å². The van der Waals surface area contributed by atoms with Crippen LogP contribution in [0, 0.1) is 5.92 Å². The lowest BCUT2D eigenvalue weighted by Gasteiger charge is -2.31. The van der Waals surface area contributed by atoms with Crippen LogP contribution in [-0.2, 0) is 9.59 Å². The van der Waals surface area contributed by atoms with Crippen LogP contribution in [-0.4, -0.2) is 42.1 Å². The number of methoxy groups -OCH3 is 1. The van der Waals surface area contributed by atoms with Gasteiger partial charge in [-0.2, -0.15) is 0 Å². The molecule has 1 aliphatic rings. The highest BCUT2D eigenvalue weighted by Crippen LogP contribution is 2.29. The molecule has 0 radical (unpaired) electrons. The number of carboxylic acid groups (broad SMARTS) is 1. The Balaban J connectivity index is 2.00. The number of hydrogen-bond acceptors (Lipinski definition) is 3. The molecule has 0 aromatic heterocycles. The third-order valence-electron chi connectivity index (χ3n) is 4.27. The van der Waals surface area contributed by atoms with Gasteiger partial charge in [0, 0.05) is 19.5 Å². The summed E-state index contributed by atoms with van der Waals surface area (Å²) in [5, 5.41) is 9.11. The molecule has 5 heteroatoms. The van der Waals surface area contributed by atoms with Crippen molar-refractivity contribution < 1.29 is 19.4 Å². The Morgan fingerprint density at radius 3 is 2.82 bits per heavy atom. The van der Waals surface area contributed by atoms with Gasteiger partial charge in [-0.25, -0.2) is 0 Å².